The summed E-state index contributed by atoms with van der Waals surface area (Å²) in [6, 6.07) is 0.759. The van der Waals surface area contributed by atoms with Gasteiger partial charge in [0.15, 0.2) is 0 Å². The number of rotatable bonds is 13. The highest BCUT2D eigenvalue weighted by molar-refractivity contribution is 6.60. The zero-order valence-electron chi connectivity index (χ0n) is 15.5. The maximum Gasteiger partial charge on any atom is 0.500 e. The molecule has 3 unspecified atom stereocenters. The van der Waals surface area contributed by atoms with E-state index in [0.717, 1.165) is 31.7 Å². The number of methoxy groups -OCH3 is 2. The molecule has 0 radical (unpaired) electrons. The Kier molecular flexibility index (Phi) is 11.3. The lowest BCUT2D eigenvalue weighted by Gasteiger charge is -2.34. The maximum absolute atomic E-state index is 10.1. The average Bonchev–Trinajstić information content (AvgIpc) is 2.61. The number of ether oxygens (including phenoxy) is 3. The lowest BCUT2D eigenvalue weighted by atomic mass is 9.84. The second-order valence-corrected chi connectivity index (χ2v) is 9.09. The topological polar surface area (TPSA) is 75.6 Å². The van der Waals surface area contributed by atoms with Crippen LogP contribution in [0.2, 0.25) is 6.04 Å². The fourth-order valence-corrected chi connectivity index (χ4v) is 5.17. The Bertz CT molecular complexity index is 315. The Morgan fingerprint density at radius 1 is 0.917 bits per heavy atom. The first-order chi connectivity index (χ1) is 11.6. The van der Waals surface area contributed by atoms with Crippen molar-refractivity contribution in [2.75, 3.05) is 54.9 Å². The summed E-state index contributed by atoms with van der Waals surface area (Å²) in [7, 11) is 3.93. The number of aliphatic hydroxyl groups excluding tert-OH is 1. The normalized spacial score (nSPS) is 25.1. The van der Waals surface area contributed by atoms with E-state index in [9.17, 15) is 5.11 Å². The van der Waals surface area contributed by atoms with Crippen LogP contribution in [0.15, 0.2) is 0 Å². The van der Waals surface area contributed by atoms with Crippen LogP contribution in [0.1, 0.15) is 25.7 Å². The molecule has 0 spiro atoms. The van der Waals surface area contributed by atoms with Gasteiger partial charge in [-0.1, -0.05) is 0 Å². The van der Waals surface area contributed by atoms with Gasteiger partial charge in [-0.25, -0.2) is 0 Å². The molecule has 0 saturated heterocycles. The van der Waals surface area contributed by atoms with Crippen LogP contribution in [-0.4, -0.2) is 81.0 Å². The summed E-state index contributed by atoms with van der Waals surface area (Å²) in [5, 5.41) is 10.1. The van der Waals surface area contributed by atoms with Gasteiger partial charge in [0.05, 0.1) is 38.6 Å². The van der Waals surface area contributed by atoms with Gasteiger partial charge in [0.1, 0.15) is 0 Å². The molecular formula is C16H34O7Si. The van der Waals surface area contributed by atoms with Crippen molar-refractivity contribution in [2.24, 2.45) is 5.92 Å². The van der Waals surface area contributed by atoms with Crippen LogP contribution in [0.4, 0.5) is 0 Å². The maximum atomic E-state index is 10.1. The van der Waals surface area contributed by atoms with Crippen LogP contribution in [-0.2, 0) is 27.5 Å². The lowest BCUT2D eigenvalue weighted by Crippen LogP contribution is -2.45. The first-order valence-electron chi connectivity index (χ1n) is 8.62. The van der Waals surface area contributed by atoms with Crippen molar-refractivity contribution in [3.63, 3.8) is 0 Å². The zero-order chi connectivity index (χ0) is 17.8. The molecule has 0 amide bonds. The summed E-state index contributed by atoms with van der Waals surface area (Å²) in [5.41, 5.74) is 0. The van der Waals surface area contributed by atoms with Crippen LogP contribution in [0.5, 0.6) is 0 Å². The molecule has 0 aromatic carbocycles. The predicted octanol–water partition coefficient (Wildman–Crippen LogP) is 1.46. The van der Waals surface area contributed by atoms with E-state index in [-0.39, 0.29) is 12.2 Å². The molecule has 1 saturated carbocycles. The van der Waals surface area contributed by atoms with Crippen LogP contribution in [0, 0.1) is 5.92 Å². The monoisotopic (exact) mass is 366 g/mol. The van der Waals surface area contributed by atoms with Crippen LogP contribution >= 0.6 is 0 Å². The quantitative estimate of drug-likeness (QED) is 0.391. The third kappa shape index (κ3) is 7.45. The van der Waals surface area contributed by atoms with Gasteiger partial charge in [0.25, 0.3) is 0 Å². The van der Waals surface area contributed by atoms with Gasteiger partial charge < -0.3 is 32.6 Å². The molecule has 3 atom stereocenters. The van der Waals surface area contributed by atoms with Gasteiger partial charge in [0.2, 0.25) is 0 Å². The van der Waals surface area contributed by atoms with Crippen LogP contribution in [0.25, 0.3) is 0 Å². The SMILES string of the molecule is COCCOC1CC(CC[Si](OC)(OC)OCCOC)CCC1O. The molecule has 24 heavy (non-hydrogen) atoms. The molecule has 144 valence electrons. The molecule has 0 aliphatic heterocycles. The first-order valence-corrected chi connectivity index (χ1v) is 10.6. The lowest BCUT2D eigenvalue weighted by molar-refractivity contribution is -0.0818. The van der Waals surface area contributed by atoms with Gasteiger partial charge in [-0.3, -0.25) is 0 Å². The van der Waals surface area contributed by atoms with E-state index in [1.165, 1.54) is 0 Å². The zero-order valence-corrected chi connectivity index (χ0v) is 16.5. The number of hydrogen-bond donors (Lipinski definition) is 1. The van der Waals surface area contributed by atoms with Crippen LogP contribution < -0.4 is 0 Å². The second kappa shape index (κ2) is 12.3. The summed E-state index contributed by atoms with van der Waals surface area (Å²) < 4.78 is 32.8. The van der Waals surface area contributed by atoms with Crippen molar-refractivity contribution in [2.45, 2.75) is 43.9 Å². The standard InChI is InChI=1S/C16H34O7Si/c1-18-8-10-22-16-13-14(5-6-15(16)17)7-12-24(20-3,21-4)23-11-9-19-2/h14-17H,5-13H2,1-4H3. The van der Waals surface area contributed by atoms with E-state index in [2.05, 4.69) is 0 Å². The molecule has 1 rings (SSSR count). The Morgan fingerprint density at radius 3 is 2.21 bits per heavy atom. The summed E-state index contributed by atoms with van der Waals surface area (Å²) in [6.45, 7) is 2.05. The van der Waals surface area contributed by atoms with Crippen molar-refractivity contribution in [1.82, 2.24) is 0 Å². The van der Waals surface area contributed by atoms with Crippen LogP contribution in [0.3, 0.4) is 0 Å². The molecular weight excluding hydrogens is 332 g/mol. The summed E-state index contributed by atoms with van der Waals surface area (Å²) in [6.07, 6.45) is 3.04. The molecule has 0 aromatic heterocycles. The van der Waals surface area contributed by atoms with Gasteiger partial charge in [0, 0.05) is 34.5 Å². The van der Waals surface area contributed by atoms with E-state index in [4.69, 9.17) is 27.5 Å². The minimum atomic E-state index is -2.64. The Labute approximate surface area is 146 Å². The van der Waals surface area contributed by atoms with Crippen molar-refractivity contribution in [3.8, 4) is 0 Å². The van der Waals surface area contributed by atoms with E-state index in [1.54, 1.807) is 28.4 Å². The van der Waals surface area contributed by atoms with Gasteiger partial charge in [-0.2, -0.15) is 0 Å². The van der Waals surface area contributed by atoms with Crippen molar-refractivity contribution < 1.29 is 32.6 Å². The first kappa shape index (κ1) is 22.0. The van der Waals surface area contributed by atoms with E-state index < -0.39 is 8.80 Å². The van der Waals surface area contributed by atoms with Crippen molar-refractivity contribution in [3.05, 3.63) is 0 Å². The average molecular weight is 367 g/mol. The van der Waals surface area contributed by atoms with Gasteiger partial charge in [-0.15, -0.1) is 0 Å². The molecule has 0 heterocycles. The molecule has 0 bridgehead atoms. The molecule has 0 aromatic rings. The van der Waals surface area contributed by atoms with E-state index >= 15 is 0 Å². The summed E-state index contributed by atoms with van der Waals surface area (Å²) in [4.78, 5) is 0. The number of hydrogen-bond acceptors (Lipinski definition) is 7. The largest absolute Gasteiger partial charge is 0.500 e. The molecule has 1 aliphatic rings. The summed E-state index contributed by atoms with van der Waals surface area (Å²) in [5.74, 6) is 0.476. The molecule has 1 aliphatic carbocycles. The minimum Gasteiger partial charge on any atom is -0.390 e. The Balaban J connectivity index is 2.45. The molecule has 1 fully saturated rings. The van der Waals surface area contributed by atoms with Crippen molar-refractivity contribution in [1.29, 1.82) is 0 Å². The van der Waals surface area contributed by atoms with E-state index in [1.807, 2.05) is 0 Å². The summed E-state index contributed by atoms with van der Waals surface area (Å²) >= 11 is 0. The number of aliphatic hydroxyl groups is 1. The Morgan fingerprint density at radius 2 is 1.58 bits per heavy atom. The fraction of sp³-hybridized carbons (Fsp3) is 1.00. The smallest absolute Gasteiger partial charge is 0.390 e. The van der Waals surface area contributed by atoms with Crippen molar-refractivity contribution >= 4 is 8.80 Å². The minimum absolute atomic E-state index is 0.116. The highest BCUT2D eigenvalue weighted by Gasteiger charge is 2.40. The molecule has 1 N–H and O–H groups in total. The van der Waals surface area contributed by atoms with Gasteiger partial charge >= 0.3 is 8.80 Å². The van der Waals surface area contributed by atoms with Gasteiger partial charge in [-0.05, 0) is 31.6 Å². The van der Waals surface area contributed by atoms with E-state index in [0.29, 0.717) is 32.3 Å². The fourth-order valence-electron chi connectivity index (χ4n) is 3.06. The highest BCUT2D eigenvalue weighted by Crippen LogP contribution is 2.32. The third-order valence-electron chi connectivity index (χ3n) is 4.58. The second-order valence-electron chi connectivity index (χ2n) is 6.12. The Hall–Kier alpha value is -0.0631. The highest BCUT2D eigenvalue weighted by atomic mass is 28.4. The third-order valence-corrected chi connectivity index (χ3v) is 7.36. The molecule has 8 heteroatoms. The predicted molar refractivity (Wildman–Crippen MR) is 92.0 cm³/mol. The molecule has 7 nitrogen and oxygen atoms in total.